The van der Waals surface area contributed by atoms with E-state index in [-0.39, 0.29) is 12.0 Å². The van der Waals surface area contributed by atoms with Crippen LogP contribution in [-0.4, -0.2) is 32.5 Å². The van der Waals surface area contributed by atoms with Crippen LogP contribution >= 0.6 is 23.4 Å². The van der Waals surface area contributed by atoms with Gasteiger partial charge in [0.05, 0.1) is 5.75 Å². The number of amides is 1. The van der Waals surface area contributed by atoms with Crippen molar-refractivity contribution in [1.82, 2.24) is 20.1 Å². The molecular weight excluding hydrogens is 384 g/mol. The molecule has 1 N–H and O–H groups in total. The molecule has 1 saturated carbocycles. The van der Waals surface area contributed by atoms with Gasteiger partial charge in [-0.1, -0.05) is 36.2 Å². The highest BCUT2D eigenvalue weighted by molar-refractivity contribution is 7.99. The highest BCUT2D eigenvalue weighted by atomic mass is 35.5. The maximum Gasteiger partial charge on any atom is 0.230 e. The van der Waals surface area contributed by atoms with Crippen LogP contribution in [0.5, 0.6) is 5.75 Å². The van der Waals surface area contributed by atoms with Gasteiger partial charge in [0.2, 0.25) is 5.91 Å². The van der Waals surface area contributed by atoms with Crippen LogP contribution in [0.15, 0.2) is 23.4 Å². The van der Waals surface area contributed by atoms with Gasteiger partial charge in [-0.2, -0.15) is 0 Å². The maximum atomic E-state index is 12.1. The number of hydrogen-bond acceptors (Lipinski definition) is 5. The van der Waals surface area contributed by atoms with E-state index in [4.69, 9.17) is 16.3 Å². The van der Waals surface area contributed by atoms with Crippen molar-refractivity contribution in [3.8, 4) is 5.75 Å². The SMILES string of the molecule is Cc1cc(OC(C)c2nnc(SCC(=O)NC3CCCC3)n2C)ccc1Cl. The Morgan fingerprint density at radius 1 is 1.41 bits per heavy atom. The molecule has 0 radical (unpaired) electrons. The second kappa shape index (κ2) is 8.97. The lowest BCUT2D eigenvalue weighted by molar-refractivity contribution is -0.119. The number of rotatable bonds is 7. The minimum absolute atomic E-state index is 0.0531. The summed E-state index contributed by atoms with van der Waals surface area (Å²) in [6.07, 6.45) is 4.31. The molecule has 1 amide bonds. The minimum Gasteiger partial charge on any atom is -0.483 e. The molecule has 0 aliphatic heterocycles. The van der Waals surface area contributed by atoms with Crippen molar-refractivity contribution in [2.24, 2.45) is 7.05 Å². The number of benzene rings is 1. The molecule has 8 heteroatoms. The summed E-state index contributed by atoms with van der Waals surface area (Å²) in [4.78, 5) is 12.1. The van der Waals surface area contributed by atoms with Gasteiger partial charge in [0.25, 0.3) is 0 Å². The lowest BCUT2D eigenvalue weighted by Gasteiger charge is -2.15. The van der Waals surface area contributed by atoms with Crippen molar-refractivity contribution in [3.63, 3.8) is 0 Å². The van der Waals surface area contributed by atoms with Crippen molar-refractivity contribution in [2.45, 2.75) is 56.8 Å². The van der Waals surface area contributed by atoms with E-state index in [1.807, 2.05) is 43.7 Å². The van der Waals surface area contributed by atoms with Crippen LogP contribution in [0.3, 0.4) is 0 Å². The average Bonchev–Trinajstić information content (AvgIpc) is 3.26. The van der Waals surface area contributed by atoms with Gasteiger partial charge >= 0.3 is 0 Å². The topological polar surface area (TPSA) is 69.0 Å². The fourth-order valence-electron chi connectivity index (χ4n) is 3.22. The van der Waals surface area contributed by atoms with Crippen LogP contribution in [0.2, 0.25) is 5.02 Å². The molecule has 27 heavy (non-hydrogen) atoms. The number of thioether (sulfide) groups is 1. The Hall–Kier alpha value is -1.73. The summed E-state index contributed by atoms with van der Waals surface area (Å²) in [5.41, 5.74) is 0.962. The van der Waals surface area contributed by atoms with Crippen molar-refractivity contribution in [2.75, 3.05) is 5.75 Å². The van der Waals surface area contributed by atoms with Crippen molar-refractivity contribution >= 4 is 29.3 Å². The third-order valence-corrected chi connectivity index (χ3v) is 6.17. The molecule has 1 aromatic heterocycles. The highest BCUT2D eigenvalue weighted by Gasteiger charge is 2.20. The Balaban J connectivity index is 1.56. The first-order valence-corrected chi connectivity index (χ1v) is 10.5. The smallest absolute Gasteiger partial charge is 0.230 e. The molecule has 3 rings (SSSR count). The van der Waals surface area contributed by atoms with E-state index in [9.17, 15) is 4.79 Å². The summed E-state index contributed by atoms with van der Waals surface area (Å²) in [6, 6.07) is 5.90. The number of halogens is 1. The first-order chi connectivity index (χ1) is 12.9. The Morgan fingerprint density at radius 2 is 2.15 bits per heavy atom. The number of carbonyl (C=O) groups is 1. The summed E-state index contributed by atoms with van der Waals surface area (Å²) in [5, 5.41) is 13.0. The molecule has 0 bridgehead atoms. The fraction of sp³-hybridized carbons (Fsp3) is 0.526. The predicted octanol–water partition coefficient (Wildman–Crippen LogP) is 4.07. The lowest BCUT2D eigenvalue weighted by Crippen LogP contribution is -2.33. The molecule has 1 aromatic carbocycles. The highest BCUT2D eigenvalue weighted by Crippen LogP contribution is 2.26. The van der Waals surface area contributed by atoms with Crippen LogP contribution in [0.4, 0.5) is 0 Å². The number of ether oxygens (including phenoxy) is 1. The Labute approximate surface area is 169 Å². The monoisotopic (exact) mass is 408 g/mol. The minimum atomic E-state index is -0.273. The largest absolute Gasteiger partial charge is 0.483 e. The second-order valence-electron chi connectivity index (χ2n) is 6.91. The standard InChI is InChI=1S/C19H25ClN4O2S/c1-12-10-15(8-9-16(12)20)26-13(2)18-22-23-19(24(18)3)27-11-17(25)21-14-6-4-5-7-14/h8-10,13-14H,4-7,11H2,1-3H3,(H,21,25). The maximum absolute atomic E-state index is 12.1. The van der Waals surface area contributed by atoms with E-state index in [0.29, 0.717) is 27.8 Å². The van der Waals surface area contributed by atoms with Gasteiger partial charge in [-0.25, -0.2) is 0 Å². The van der Waals surface area contributed by atoms with Crippen LogP contribution < -0.4 is 10.1 Å². The van der Waals surface area contributed by atoms with Gasteiger partial charge < -0.3 is 14.6 Å². The van der Waals surface area contributed by atoms with E-state index < -0.39 is 0 Å². The fourth-order valence-corrected chi connectivity index (χ4v) is 4.07. The Bertz CT molecular complexity index is 805. The first kappa shape index (κ1) is 20.0. The second-order valence-corrected chi connectivity index (χ2v) is 8.26. The molecule has 0 saturated heterocycles. The van der Waals surface area contributed by atoms with Gasteiger partial charge in [-0.3, -0.25) is 4.79 Å². The van der Waals surface area contributed by atoms with Crippen LogP contribution in [0.25, 0.3) is 0 Å². The van der Waals surface area contributed by atoms with E-state index >= 15 is 0 Å². The van der Waals surface area contributed by atoms with Gasteiger partial charge in [0.15, 0.2) is 17.1 Å². The van der Waals surface area contributed by atoms with Crippen molar-refractivity contribution < 1.29 is 9.53 Å². The third kappa shape index (κ3) is 5.17. The number of nitrogens with one attached hydrogen (secondary N) is 1. The van der Waals surface area contributed by atoms with E-state index in [2.05, 4.69) is 15.5 Å². The third-order valence-electron chi connectivity index (χ3n) is 4.73. The number of aromatic nitrogens is 3. The number of nitrogens with zero attached hydrogens (tertiary/aromatic N) is 3. The molecule has 2 aromatic rings. The van der Waals surface area contributed by atoms with Gasteiger partial charge in [0.1, 0.15) is 5.75 Å². The number of hydrogen-bond donors (Lipinski definition) is 1. The van der Waals surface area contributed by atoms with E-state index in [1.165, 1.54) is 24.6 Å². The molecule has 1 aliphatic rings. The van der Waals surface area contributed by atoms with Crippen LogP contribution in [0, 0.1) is 6.92 Å². The normalized spacial score (nSPS) is 15.7. The van der Waals surface area contributed by atoms with Gasteiger partial charge in [-0.15, -0.1) is 10.2 Å². The Kier molecular flexibility index (Phi) is 6.65. The van der Waals surface area contributed by atoms with E-state index in [1.54, 1.807) is 0 Å². The molecule has 1 aliphatic carbocycles. The molecular formula is C19H25ClN4O2S. The van der Waals surface area contributed by atoms with Crippen LogP contribution in [0.1, 0.15) is 50.1 Å². The zero-order valence-corrected chi connectivity index (χ0v) is 17.4. The van der Waals surface area contributed by atoms with Gasteiger partial charge in [-0.05, 0) is 50.5 Å². The predicted molar refractivity (Wildman–Crippen MR) is 107 cm³/mol. The molecule has 1 unspecified atom stereocenters. The lowest BCUT2D eigenvalue weighted by atomic mass is 10.2. The molecule has 1 atom stereocenters. The summed E-state index contributed by atoms with van der Waals surface area (Å²) in [7, 11) is 1.89. The molecule has 146 valence electrons. The molecule has 1 heterocycles. The summed E-state index contributed by atoms with van der Waals surface area (Å²) >= 11 is 7.45. The number of aryl methyl sites for hydroxylation is 1. The number of carbonyl (C=O) groups excluding carboxylic acids is 1. The molecule has 0 spiro atoms. The van der Waals surface area contributed by atoms with Crippen molar-refractivity contribution in [1.29, 1.82) is 0 Å². The van der Waals surface area contributed by atoms with Crippen molar-refractivity contribution in [3.05, 3.63) is 34.6 Å². The average molecular weight is 409 g/mol. The summed E-state index contributed by atoms with van der Waals surface area (Å²) in [6.45, 7) is 3.86. The van der Waals surface area contributed by atoms with Gasteiger partial charge in [0, 0.05) is 18.1 Å². The molecule has 6 nitrogen and oxygen atoms in total. The summed E-state index contributed by atoms with van der Waals surface area (Å²) in [5.74, 6) is 1.84. The Morgan fingerprint density at radius 3 is 2.85 bits per heavy atom. The summed E-state index contributed by atoms with van der Waals surface area (Å²) < 4.78 is 7.85. The zero-order chi connectivity index (χ0) is 19.4. The first-order valence-electron chi connectivity index (χ1n) is 9.18. The van der Waals surface area contributed by atoms with Crippen LogP contribution in [-0.2, 0) is 11.8 Å². The van der Waals surface area contributed by atoms with E-state index in [0.717, 1.165) is 24.2 Å². The quantitative estimate of drug-likeness (QED) is 0.699. The molecule has 1 fully saturated rings. The zero-order valence-electron chi connectivity index (χ0n) is 15.9.